The van der Waals surface area contributed by atoms with E-state index in [1.54, 1.807) is 12.1 Å². The van der Waals surface area contributed by atoms with Crippen LogP contribution in [-0.2, 0) is 27.1 Å². The molecule has 0 radical (unpaired) electrons. The molecule has 0 spiro atoms. The summed E-state index contributed by atoms with van der Waals surface area (Å²) in [6.07, 6.45) is 3.43. The van der Waals surface area contributed by atoms with Gasteiger partial charge in [-0.2, -0.15) is 5.26 Å². The lowest BCUT2D eigenvalue weighted by atomic mass is 9.70. The topological polar surface area (TPSA) is 99.1 Å². The van der Waals surface area contributed by atoms with Crippen LogP contribution in [0, 0.1) is 35.0 Å². The van der Waals surface area contributed by atoms with Gasteiger partial charge in [-0.05, 0) is 60.3 Å². The van der Waals surface area contributed by atoms with E-state index in [0.717, 1.165) is 23.1 Å². The first-order valence-electron chi connectivity index (χ1n) is 12.1. The molecule has 3 atom stereocenters. The summed E-state index contributed by atoms with van der Waals surface area (Å²) in [6.45, 7) is 7.16. The highest BCUT2D eigenvalue weighted by molar-refractivity contribution is 7.88. The summed E-state index contributed by atoms with van der Waals surface area (Å²) in [5, 5.41) is 11.9. The predicted octanol–water partition coefficient (Wildman–Crippen LogP) is 4.54. The summed E-state index contributed by atoms with van der Waals surface area (Å²) in [6, 6.07) is 18.5. The van der Waals surface area contributed by atoms with Crippen molar-refractivity contribution in [3.63, 3.8) is 0 Å². The van der Waals surface area contributed by atoms with E-state index in [4.69, 9.17) is 5.26 Å². The third-order valence-corrected chi connectivity index (χ3v) is 8.15. The number of allylic oxidation sites excluding steroid dienone is 1. The molecule has 1 aliphatic rings. The van der Waals surface area contributed by atoms with E-state index in [0.29, 0.717) is 31.0 Å². The zero-order chi connectivity index (χ0) is 25.4. The zero-order valence-electron chi connectivity index (χ0n) is 20.7. The standard InChI is InChI=1S/C28H35N3O3S/c1-20(2)27-14-25(15-28(32)30-17-23-11-9-22(16-29)10-12-23)21(3)13-26(27)18-31-35(33,34)19-24-7-5-4-6-8-24/h4-13,20,25-27,31H,14-15,17-19H2,1-3H3,(H,30,32). The van der Waals surface area contributed by atoms with Gasteiger partial charge in [0.25, 0.3) is 0 Å². The Morgan fingerprint density at radius 3 is 2.40 bits per heavy atom. The molecule has 0 saturated heterocycles. The smallest absolute Gasteiger partial charge is 0.220 e. The van der Waals surface area contributed by atoms with Gasteiger partial charge in [-0.25, -0.2) is 13.1 Å². The van der Waals surface area contributed by atoms with Crippen LogP contribution < -0.4 is 10.0 Å². The molecule has 0 aliphatic heterocycles. The van der Waals surface area contributed by atoms with E-state index in [1.807, 2.05) is 49.4 Å². The molecule has 0 saturated carbocycles. The number of carbonyl (C=O) groups is 1. The van der Waals surface area contributed by atoms with Crippen molar-refractivity contribution >= 4 is 15.9 Å². The molecule has 3 unspecified atom stereocenters. The second kappa shape index (κ2) is 12.1. The van der Waals surface area contributed by atoms with E-state index in [1.165, 1.54) is 0 Å². The summed E-state index contributed by atoms with van der Waals surface area (Å²) in [5.41, 5.74) is 3.46. The molecule has 2 N–H and O–H groups in total. The van der Waals surface area contributed by atoms with Crippen LogP contribution in [0.2, 0.25) is 0 Å². The fraction of sp³-hybridized carbons (Fsp3) is 0.429. The summed E-state index contributed by atoms with van der Waals surface area (Å²) >= 11 is 0. The first-order chi connectivity index (χ1) is 16.7. The highest BCUT2D eigenvalue weighted by atomic mass is 32.2. The van der Waals surface area contributed by atoms with Crippen LogP contribution in [0.5, 0.6) is 0 Å². The van der Waals surface area contributed by atoms with Gasteiger partial charge in [0.15, 0.2) is 0 Å². The maximum Gasteiger partial charge on any atom is 0.220 e. The average Bonchev–Trinajstić information content (AvgIpc) is 2.83. The number of amides is 1. The first-order valence-corrected chi connectivity index (χ1v) is 13.8. The predicted molar refractivity (Wildman–Crippen MR) is 138 cm³/mol. The fourth-order valence-electron chi connectivity index (χ4n) is 4.77. The molecule has 2 aromatic rings. The fourth-order valence-corrected chi connectivity index (χ4v) is 5.95. The lowest BCUT2D eigenvalue weighted by molar-refractivity contribution is -0.122. The number of hydrogen-bond donors (Lipinski definition) is 2. The van der Waals surface area contributed by atoms with Crippen molar-refractivity contribution in [1.29, 1.82) is 5.26 Å². The largest absolute Gasteiger partial charge is 0.352 e. The molecule has 1 aliphatic carbocycles. The average molecular weight is 494 g/mol. The minimum atomic E-state index is -3.43. The Balaban J connectivity index is 1.57. The monoisotopic (exact) mass is 493 g/mol. The molecule has 7 heteroatoms. The normalized spacial score (nSPS) is 20.2. The van der Waals surface area contributed by atoms with Crippen LogP contribution in [0.1, 0.15) is 50.3 Å². The molecular weight excluding hydrogens is 458 g/mol. The number of hydrogen-bond acceptors (Lipinski definition) is 4. The van der Waals surface area contributed by atoms with E-state index in [9.17, 15) is 13.2 Å². The van der Waals surface area contributed by atoms with Crippen LogP contribution in [0.3, 0.4) is 0 Å². The molecule has 0 bridgehead atoms. The molecule has 3 rings (SSSR count). The van der Waals surface area contributed by atoms with E-state index in [2.05, 4.69) is 36.0 Å². The minimum absolute atomic E-state index is 0.00312. The number of carbonyl (C=O) groups excluding carboxylic acids is 1. The molecule has 6 nitrogen and oxygen atoms in total. The Labute approximate surface area is 209 Å². The second-order valence-electron chi connectivity index (χ2n) is 9.80. The third kappa shape index (κ3) is 8.05. The molecule has 1 amide bonds. The Morgan fingerprint density at radius 2 is 1.77 bits per heavy atom. The van der Waals surface area contributed by atoms with E-state index in [-0.39, 0.29) is 29.4 Å². The summed E-state index contributed by atoms with van der Waals surface area (Å²) in [7, 11) is -3.43. The Bertz CT molecular complexity index is 1170. The maximum atomic E-state index is 12.7. The Kier molecular flexibility index (Phi) is 9.25. The molecule has 2 aromatic carbocycles. The second-order valence-corrected chi connectivity index (χ2v) is 11.6. The Hall–Kier alpha value is -2.95. The van der Waals surface area contributed by atoms with E-state index >= 15 is 0 Å². The Morgan fingerprint density at radius 1 is 1.09 bits per heavy atom. The molecule has 186 valence electrons. The van der Waals surface area contributed by atoms with Gasteiger partial charge in [-0.15, -0.1) is 0 Å². The number of benzene rings is 2. The van der Waals surface area contributed by atoms with Gasteiger partial charge in [-0.3, -0.25) is 4.79 Å². The lowest BCUT2D eigenvalue weighted by Gasteiger charge is -2.37. The maximum absolute atomic E-state index is 12.7. The molecular formula is C28H35N3O3S. The van der Waals surface area contributed by atoms with Gasteiger partial charge in [0.2, 0.25) is 15.9 Å². The van der Waals surface area contributed by atoms with Crippen molar-refractivity contribution in [3.05, 3.63) is 82.9 Å². The lowest BCUT2D eigenvalue weighted by Crippen LogP contribution is -2.38. The number of nitrogens with one attached hydrogen (secondary N) is 2. The van der Waals surface area contributed by atoms with Crippen LogP contribution >= 0.6 is 0 Å². The number of nitriles is 1. The number of nitrogens with zero attached hydrogens (tertiary/aromatic N) is 1. The number of rotatable bonds is 10. The van der Waals surface area contributed by atoms with Crippen molar-refractivity contribution in [2.24, 2.45) is 23.7 Å². The SMILES string of the molecule is CC1=CC(CNS(=O)(=O)Cc2ccccc2)C(C(C)C)CC1CC(=O)NCc1ccc(C#N)cc1. The molecule has 0 heterocycles. The van der Waals surface area contributed by atoms with E-state index < -0.39 is 10.0 Å². The van der Waals surface area contributed by atoms with Crippen molar-refractivity contribution < 1.29 is 13.2 Å². The van der Waals surface area contributed by atoms with Gasteiger partial charge in [-0.1, -0.05) is 68.0 Å². The van der Waals surface area contributed by atoms with Crippen LogP contribution in [-0.4, -0.2) is 20.9 Å². The van der Waals surface area contributed by atoms with Crippen LogP contribution in [0.15, 0.2) is 66.2 Å². The van der Waals surface area contributed by atoms with Crippen molar-refractivity contribution in [2.45, 2.75) is 45.9 Å². The van der Waals surface area contributed by atoms with Gasteiger partial charge in [0.05, 0.1) is 17.4 Å². The highest BCUT2D eigenvalue weighted by Gasteiger charge is 2.33. The number of sulfonamides is 1. The van der Waals surface area contributed by atoms with Gasteiger partial charge in [0.1, 0.15) is 0 Å². The van der Waals surface area contributed by atoms with Crippen molar-refractivity contribution in [1.82, 2.24) is 10.0 Å². The molecule has 0 aromatic heterocycles. The summed E-state index contributed by atoms with van der Waals surface area (Å²) in [4.78, 5) is 12.7. The van der Waals surface area contributed by atoms with Crippen molar-refractivity contribution in [2.75, 3.05) is 6.54 Å². The minimum Gasteiger partial charge on any atom is -0.352 e. The van der Waals surface area contributed by atoms with Crippen molar-refractivity contribution in [3.8, 4) is 6.07 Å². The third-order valence-electron chi connectivity index (χ3n) is 6.83. The highest BCUT2D eigenvalue weighted by Crippen LogP contribution is 2.38. The van der Waals surface area contributed by atoms with Gasteiger partial charge in [0, 0.05) is 19.5 Å². The van der Waals surface area contributed by atoms with Gasteiger partial charge < -0.3 is 5.32 Å². The molecule has 35 heavy (non-hydrogen) atoms. The summed E-state index contributed by atoms with van der Waals surface area (Å²) in [5.74, 6) is 0.856. The summed E-state index contributed by atoms with van der Waals surface area (Å²) < 4.78 is 28.1. The van der Waals surface area contributed by atoms with Gasteiger partial charge >= 0.3 is 0 Å². The zero-order valence-corrected chi connectivity index (χ0v) is 21.5. The molecule has 0 fully saturated rings. The van der Waals surface area contributed by atoms with Crippen LogP contribution in [0.25, 0.3) is 0 Å². The first kappa shape index (κ1) is 26.7. The van der Waals surface area contributed by atoms with Crippen LogP contribution in [0.4, 0.5) is 0 Å². The quantitative estimate of drug-likeness (QED) is 0.475.